The lowest BCUT2D eigenvalue weighted by Gasteiger charge is -2.21. The van der Waals surface area contributed by atoms with Gasteiger partial charge in [0.1, 0.15) is 0 Å². The number of hydrogen-bond acceptors (Lipinski definition) is 4. The molecule has 1 aromatic rings. The van der Waals surface area contributed by atoms with Gasteiger partial charge in [0.15, 0.2) is 6.29 Å². The summed E-state index contributed by atoms with van der Waals surface area (Å²) >= 11 is 1.49. The van der Waals surface area contributed by atoms with Gasteiger partial charge in [0.05, 0.1) is 11.0 Å². The minimum Gasteiger partial charge on any atom is -0.376 e. The number of carbonyl (C=O) groups excluding carboxylic acids is 1. The third kappa shape index (κ3) is 2.58. The van der Waals surface area contributed by atoms with Crippen LogP contribution in [0, 0.1) is 0 Å². The van der Waals surface area contributed by atoms with Gasteiger partial charge in [-0.1, -0.05) is 0 Å². The van der Waals surface area contributed by atoms with Gasteiger partial charge in [-0.25, -0.2) is 0 Å². The highest BCUT2D eigenvalue weighted by atomic mass is 32.1. The van der Waals surface area contributed by atoms with E-state index >= 15 is 0 Å². The number of nitrogens with zero attached hydrogens (tertiary/aromatic N) is 1. The first kappa shape index (κ1) is 10.6. The Bertz CT molecular complexity index is 331. The fourth-order valence-electron chi connectivity index (χ4n) is 1.80. The third-order valence-corrected chi connectivity index (χ3v) is 3.51. The van der Waals surface area contributed by atoms with Crippen LogP contribution in [0.2, 0.25) is 0 Å². The molecule has 2 heterocycles. The van der Waals surface area contributed by atoms with Crippen LogP contribution in [-0.2, 0) is 4.74 Å². The Morgan fingerprint density at radius 3 is 3.20 bits per heavy atom. The van der Waals surface area contributed by atoms with E-state index in [1.165, 1.54) is 17.8 Å². The lowest BCUT2D eigenvalue weighted by atomic mass is 10.2. The molecule has 0 radical (unpaired) electrons. The SMILES string of the molecule is CN(CC1CCCO1)c1csc(C=O)c1. The molecule has 15 heavy (non-hydrogen) atoms. The standard InChI is InChI=1S/C11H15NO2S/c1-12(6-10-3-2-4-14-10)9-5-11(7-13)15-8-9/h5,7-8,10H,2-4,6H2,1H3. The number of carbonyl (C=O) groups is 1. The second-order valence-electron chi connectivity index (χ2n) is 3.84. The Morgan fingerprint density at radius 1 is 1.73 bits per heavy atom. The predicted molar refractivity (Wildman–Crippen MR) is 62.0 cm³/mol. The van der Waals surface area contributed by atoms with E-state index < -0.39 is 0 Å². The topological polar surface area (TPSA) is 29.5 Å². The van der Waals surface area contributed by atoms with Crippen LogP contribution in [0.1, 0.15) is 22.5 Å². The molecule has 0 saturated carbocycles. The monoisotopic (exact) mass is 225 g/mol. The summed E-state index contributed by atoms with van der Waals surface area (Å²) in [5.74, 6) is 0. The molecule has 1 unspecified atom stereocenters. The van der Waals surface area contributed by atoms with Crippen molar-refractivity contribution in [1.29, 1.82) is 0 Å². The molecule has 1 aromatic heterocycles. The smallest absolute Gasteiger partial charge is 0.160 e. The zero-order chi connectivity index (χ0) is 10.7. The minimum atomic E-state index is 0.356. The van der Waals surface area contributed by atoms with Crippen LogP contribution in [-0.4, -0.2) is 32.6 Å². The minimum absolute atomic E-state index is 0.356. The van der Waals surface area contributed by atoms with Gasteiger partial charge in [0.2, 0.25) is 0 Å². The van der Waals surface area contributed by atoms with Crippen LogP contribution in [0.3, 0.4) is 0 Å². The molecule has 0 amide bonds. The Kier molecular flexibility index (Phi) is 3.38. The number of hydrogen-bond donors (Lipinski definition) is 0. The van der Waals surface area contributed by atoms with Crippen molar-refractivity contribution in [3.63, 3.8) is 0 Å². The number of likely N-dealkylation sites (N-methyl/N-ethyl adjacent to an activating group) is 1. The molecule has 0 bridgehead atoms. The second-order valence-corrected chi connectivity index (χ2v) is 4.78. The molecule has 1 aliphatic heterocycles. The van der Waals surface area contributed by atoms with Crippen molar-refractivity contribution in [3.8, 4) is 0 Å². The molecular formula is C11H15NO2S. The number of aldehydes is 1. The Labute approximate surface area is 93.7 Å². The molecule has 0 N–H and O–H groups in total. The second kappa shape index (κ2) is 4.77. The van der Waals surface area contributed by atoms with E-state index in [-0.39, 0.29) is 0 Å². The summed E-state index contributed by atoms with van der Waals surface area (Å²) in [6, 6.07) is 1.92. The maximum Gasteiger partial charge on any atom is 0.160 e. The first-order valence-corrected chi connectivity index (χ1v) is 6.04. The number of ether oxygens (including phenoxy) is 1. The van der Waals surface area contributed by atoms with Crippen LogP contribution in [0.25, 0.3) is 0 Å². The molecule has 2 rings (SSSR count). The largest absolute Gasteiger partial charge is 0.376 e. The Morgan fingerprint density at radius 2 is 2.60 bits per heavy atom. The molecule has 0 aliphatic carbocycles. The fraction of sp³-hybridized carbons (Fsp3) is 0.545. The lowest BCUT2D eigenvalue weighted by Crippen LogP contribution is -2.28. The van der Waals surface area contributed by atoms with Crippen LogP contribution in [0.5, 0.6) is 0 Å². The van der Waals surface area contributed by atoms with Gasteiger partial charge < -0.3 is 9.64 Å². The fourth-order valence-corrected chi connectivity index (χ4v) is 2.55. The Hall–Kier alpha value is -0.870. The predicted octanol–water partition coefficient (Wildman–Crippen LogP) is 2.18. The van der Waals surface area contributed by atoms with Crippen LogP contribution in [0.15, 0.2) is 11.4 Å². The number of thiophene rings is 1. The van der Waals surface area contributed by atoms with Gasteiger partial charge in [-0.05, 0) is 18.9 Å². The van der Waals surface area contributed by atoms with Gasteiger partial charge in [-0.2, -0.15) is 0 Å². The summed E-state index contributed by atoms with van der Waals surface area (Å²) in [5, 5.41) is 2.01. The van der Waals surface area contributed by atoms with Gasteiger partial charge in [0, 0.05) is 31.3 Å². The summed E-state index contributed by atoms with van der Waals surface area (Å²) in [7, 11) is 2.04. The van der Waals surface area contributed by atoms with E-state index in [1.807, 2.05) is 18.5 Å². The number of rotatable bonds is 4. The van der Waals surface area contributed by atoms with E-state index in [9.17, 15) is 4.79 Å². The van der Waals surface area contributed by atoms with Crippen molar-refractivity contribution in [3.05, 3.63) is 16.3 Å². The molecule has 1 atom stereocenters. The zero-order valence-corrected chi connectivity index (χ0v) is 9.63. The molecular weight excluding hydrogens is 210 g/mol. The van der Waals surface area contributed by atoms with E-state index in [4.69, 9.17) is 4.74 Å². The van der Waals surface area contributed by atoms with Crippen molar-refractivity contribution >= 4 is 23.3 Å². The van der Waals surface area contributed by atoms with E-state index in [0.717, 1.165) is 36.4 Å². The van der Waals surface area contributed by atoms with E-state index in [0.29, 0.717) is 6.10 Å². The van der Waals surface area contributed by atoms with Crippen molar-refractivity contribution in [2.75, 3.05) is 25.1 Å². The molecule has 1 fully saturated rings. The van der Waals surface area contributed by atoms with Gasteiger partial charge in [-0.3, -0.25) is 4.79 Å². The molecule has 1 aliphatic rings. The van der Waals surface area contributed by atoms with E-state index in [1.54, 1.807) is 0 Å². The van der Waals surface area contributed by atoms with Gasteiger partial charge in [-0.15, -0.1) is 11.3 Å². The Balaban J connectivity index is 1.94. The third-order valence-electron chi connectivity index (χ3n) is 2.66. The maximum absolute atomic E-state index is 10.6. The molecule has 3 nitrogen and oxygen atoms in total. The summed E-state index contributed by atoms with van der Waals surface area (Å²) in [5.41, 5.74) is 1.11. The van der Waals surface area contributed by atoms with Gasteiger partial charge >= 0.3 is 0 Å². The van der Waals surface area contributed by atoms with Crippen LogP contribution < -0.4 is 4.90 Å². The number of anilines is 1. The molecule has 0 aromatic carbocycles. The van der Waals surface area contributed by atoms with Crippen molar-refractivity contribution in [1.82, 2.24) is 0 Å². The van der Waals surface area contributed by atoms with Crippen LogP contribution in [0.4, 0.5) is 5.69 Å². The average molecular weight is 225 g/mol. The summed E-state index contributed by atoms with van der Waals surface area (Å²) in [6.07, 6.45) is 3.57. The van der Waals surface area contributed by atoms with E-state index in [2.05, 4.69) is 4.90 Å². The maximum atomic E-state index is 10.6. The summed E-state index contributed by atoms with van der Waals surface area (Å²) < 4.78 is 5.57. The molecule has 4 heteroatoms. The molecule has 1 saturated heterocycles. The highest BCUT2D eigenvalue weighted by Gasteiger charge is 2.17. The van der Waals surface area contributed by atoms with Crippen molar-refractivity contribution in [2.24, 2.45) is 0 Å². The normalized spacial score (nSPS) is 20.5. The molecule has 82 valence electrons. The van der Waals surface area contributed by atoms with Crippen molar-refractivity contribution in [2.45, 2.75) is 18.9 Å². The summed E-state index contributed by atoms with van der Waals surface area (Å²) in [4.78, 5) is 13.5. The lowest BCUT2D eigenvalue weighted by molar-refractivity contribution is 0.112. The van der Waals surface area contributed by atoms with Crippen molar-refractivity contribution < 1.29 is 9.53 Å². The highest BCUT2D eigenvalue weighted by molar-refractivity contribution is 7.12. The highest BCUT2D eigenvalue weighted by Crippen LogP contribution is 2.22. The molecule has 0 spiro atoms. The zero-order valence-electron chi connectivity index (χ0n) is 8.81. The van der Waals surface area contributed by atoms with Gasteiger partial charge in [0.25, 0.3) is 0 Å². The first-order valence-electron chi connectivity index (χ1n) is 5.16. The first-order chi connectivity index (χ1) is 7.29. The quantitative estimate of drug-likeness (QED) is 0.736. The summed E-state index contributed by atoms with van der Waals surface area (Å²) in [6.45, 7) is 1.80. The average Bonchev–Trinajstić information content (AvgIpc) is 2.86. The van der Waals surface area contributed by atoms with Crippen LogP contribution >= 0.6 is 11.3 Å².